The van der Waals surface area contributed by atoms with Gasteiger partial charge in [0, 0.05) is 25.2 Å². The fraction of sp³-hybridized carbons (Fsp3) is 0.278. The molecule has 2 aromatic carbocycles. The lowest BCUT2D eigenvalue weighted by Gasteiger charge is -2.15. The number of carbonyl (C=O) groups is 1. The summed E-state index contributed by atoms with van der Waals surface area (Å²) in [7, 11) is 0. The van der Waals surface area contributed by atoms with E-state index < -0.39 is 0 Å². The molecule has 0 unspecified atom stereocenters. The fourth-order valence-corrected chi connectivity index (χ4v) is 2.75. The van der Waals surface area contributed by atoms with Crippen LogP contribution in [0.1, 0.15) is 28.7 Å². The van der Waals surface area contributed by atoms with Gasteiger partial charge in [0.15, 0.2) is 0 Å². The smallest absolute Gasteiger partial charge is 0.223 e. The van der Waals surface area contributed by atoms with Crippen LogP contribution in [-0.2, 0) is 24.3 Å². The van der Waals surface area contributed by atoms with Gasteiger partial charge in [-0.05, 0) is 42.2 Å². The summed E-state index contributed by atoms with van der Waals surface area (Å²) in [6.07, 6.45) is 1.36. The van der Waals surface area contributed by atoms with Crippen LogP contribution in [0, 0.1) is 6.92 Å². The maximum Gasteiger partial charge on any atom is 0.223 e. The van der Waals surface area contributed by atoms with Crippen molar-refractivity contribution >= 4 is 11.6 Å². The lowest BCUT2D eigenvalue weighted by molar-refractivity contribution is -0.131. The minimum atomic E-state index is 0.213. The van der Waals surface area contributed by atoms with Gasteiger partial charge in [0.1, 0.15) is 0 Å². The highest BCUT2D eigenvalue weighted by atomic mass is 16.2. The Balaban J connectivity index is 1.59. The average Bonchev–Trinajstić information content (AvgIpc) is 2.89. The van der Waals surface area contributed by atoms with Crippen molar-refractivity contribution in [3.63, 3.8) is 0 Å². The Hall–Kier alpha value is -2.29. The van der Waals surface area contributed by atoms with Crippen LogP contribution >= 0.6 is 0 Å². The number of hydrogen-bond donors (Lipinski definition) is 1. The molecule has 0 bridgehead atoms. The van der Waals surface area contributed by atoms with Crippen LogP contribution in [0.5, 0.6) is 0 Å². The summed E-state index contributed by atoms with van der Waals surface area (Å²) in [6.45, 7) is 3.47. The average molecular weight is 280 g/mol. The number of anilines is 1. The van der Waals surface area contributed by atoms with Gasteiger partial charge in [-0.2, -0.15) is 0 Å². The van der Waals surface area contributed by atoms with E-state index in [0.29, 0.717) is 19.5 Å². The van der Waals surface area contributed by atoms with Crippen molar-refractivity contribution in [2.24, 2.45) is 0 Å². The highest BCUT2D eigenvalue weighted by molar-refractivity contribution is 5.77. The van der Waals surface area contributed by atoms with Gasteiger partial charge in [-0.15, -0.1) is 0 Å². The van der Waals surface area contributed by atoms with E-state index in [9.17, 15) is 4.79 Å². The van der Waals surface area contributed by atoms with Crippen molar-refractivity contribution < 1.29 is 4.79 Å². The van der Waals surface area contributed by atoms with E-state index in [2.05, 4.69) is 31.2 Å². The highest BCUT2D eigenvalue weighted by Gasteiger charge is 2.22. The number of aryl methyl sites for hydroxylation is 2. The molecule has 1 aliphatic heterocycles. The van der Waals surface area contributed by atoms with Crippen LogP contribution in [0.4, 0.5) is 5.69 Å². The number of benzene rings is 2. The molecule has 0 spiro atoms. The Morgan fingerprint density at radius 2 is 1.81 bits per heavy atom. The highest BCUT2D eigenvalue weighted by Crippen LogP contribution is 2.25. The SMILES string of the molecule is Cc1ccc(CCC(=O)N2Cc3ccc(N)cc3C2)cc1. The lowest BCUT2D eigenvalue weighted by Crippen LogP contribution is -2.25. The molecule has 0 aliphatic carbocycles. The Bertz CT molecular complexity index is 661. The van der Waals surface area contributed by atoms with Crippen molar-refractivity contribution in [2.75, 3.05) is 5.73 Å². The van der Waals surface area contributed by atoms with Gasteiger partial charge in [-0.1, -0.05) is 35.9 Å². The van der Waals surface area contributed by atoms with Gasteiger partial charge in [-0.3, -0.25) is 4.79 Å². The molecule has 3 heteroatoms. The molecule has 1 amide bonds. The zero-order chi connectivity index (χ0) is 14.8. The molecular weight excluding hydrogens is 260 g/mol. The van der Waals surface area contributed by atoms with E-state index >= 15 is 0 Å². The first kappa shape index (κ1) is 13.7. The van der Waals surface area contributed by atoms with E-state index in [1.807, 2.05) is 23.1 Å². The molecule has 1 aliphatic rings. The molecule has 3 rings (SSSR count). The van der Waals surface area contributed by atoms with Gasteiger partial charge in [-0.25, -0.2) is 0 Å². The molecule has 2 N–H and O–H groups in total. The van der Waals surface area contributed by atoms with Gasteiger partial charge in [0.25, 0.3) is 0 Å². The van der Waals surface area contributed by atoms with Gasteiger partial charge in [0.2, 0.25) is 5.91 Å². The van der Waals surface area contributed by atoms with Crippen LogP contribution in [0.3, 0.4) is 0 Å². The maximum absolute atomic E-state index is 12.3. The summed E-state index contributed by atoms with van der Waals surface area (Å²) in [6, 6.07) is 14.3. The summed E-state index contributed by atoms with van der Waals surface area (Å²) in [5, 5.41) is 0. The fourth-order valence-electron chi connectivity index (χ4n) is 2.75. The second kappa shape index (κ2) is 5.60. The first-order chi connectivity index (χ1) is 10.1. The predicted octanol–water partition coefficient (Wildman–Crippen LogP) is 3.05. The summed E-state index contributed by atoms with van der Waals surface area (Å²) in [4.78, 5) is 14.2. The van der Waals surface area contributed by atoms with Crippen LogP contribution in [0.15, 0.2) is 42.5 Å². The van der Waals surface area contributed by atoms with Crippen molar-refractivity contribution in [1.82, 2.24) is 4.90 Å². The van der Waals surface area contributed by atoms with Gasteiger partial charge < -0.3 is 10.6 Å². The summed E-state index contributed by atoms with van der Waals surface area (Å²) in [5.74, 6) is 0.213. The second-order valence-corrected chi connectivity index (χ2v) is 5.76. The first-order valence-corrected chi connectivity index (χ1v) is 7.32. The molecule has 0 saturated heterocycles. The third-order valence-electron chi connectivity index (χ3n) is 4.05. The number of hydrogen-bond acceptors (Lipinski definition) is 2. The maximum atomic E-state index is 12.3. The molecule has 2 aromatic rings. The minimum Gasteiger partial charge on any atom is -0.399 e. The number of carbonyl (C=O) groups excluding carboxylic acids is 1. The Morgan fingerprint density at radius 3 is 2.57 bits per heavy atom. The second-order valence-electron chi connectivity index (χ2n) is 5.76. The van der Waals surface area contributed by atoms with E-state index in [4.69, 9.17) is 5.73 Å². The van der Waals surface area contributed by atoms with Crippen LogP contribution in [-0.4, -0.2) is 10.8 Å². The molecule has 0 fully saturated rings. The zero-order valence-corrected chi connectivity index (χ0v) is 12.3. The van der Waals surface area contributed by atoms with Gasteiger partial charge >= 0.3 is 0 Å². The number of nitrogens with two attached hydrogens (primary N) is 1. The number of nitrogens with zero attached hydrogens (tertiary/aromatic N) is 1. The van der Waals surface area contributed by atoms with Gasteiger partial charge in [0.05, 0.1) is 0 Å². The molecule has 1 heterocycles. The van der Waals surface area contributed by atoms with Crippen LogP contribution in [0.25, 0.3) is 0 Å². The number of fused-ring (bicyclic) bond motifs is 1. The standard InChI is InChI=1S/C18H20N2O/c1-13-2-4-14(5-3-13)6-9-18(21)20-11-15-7-8-17(19)10-16(15)12-20/h2-5,7-8,10H,6,9,11-12,19H2,1H3. The molecule has 108 valence electrons. The molecule has 0 aromatic heterocycles. The topological polar surface area (TPSA) is 46.3 Å². The van der Waals surface area contributed by atoms with E-state index in [-0.39, 0.29) is 5.91 Å². The first-order valence-electron chi connectivity index (χ1n) is 7.32. The molecule has 3 nitrogen and oxygen atoms in total. The van der Waals surface area contributed by atoms with Crippen molar-refractivity contribution in [3.05, 3.63) is 64.7 Å². The van der Waals surface area contributed by atoms with Crippen molar-refractivity contribution in [2.45, 2.75) is 32.9 Å². The lowest BCUT2D eigenvalue weighted by atomic mass is 10.1. The predicted molar refractivity (Wildman–Crippen MR) is 84.6 cm³/mol. The normalized spacial score (nSPS) is 13.3. The van der Waals surface area contributed by atoms with Crippen molar-refractivity contribution in [3.8, 4) is 0 Å². The molecule has 0 radical (unpaired) electrons. The van der Waals surface area contributed by atoms with E-state index in [1.54, 1.807) is 0 Å². The Labute approximate surface area is 125 Å². The van der Waals surface area contributed by atoms with Crippen molar-refractivity contribution in [1.29, 1.82) is 0 Å². The third-order valence-corrected chi connectivity index (χ3v) is 4.05. The number of amides is 1. The number of nitrogen functional groups attached to an aromatic ring is 1. The summed E-state index contributed by atoms with van der Waals surface area (Å²) < 4.78 is 0. The Kier molecular flexibility index (Phi) is 3.65. The van der Waals surface area contributed by atoms with Crippen LogP contribution < -0.4 is 5.73 Å². The van der Waals surface area contributed by atoms with E-state index in [0.717, 1.165) is 12.1 Å². The number of rotatable bonds is 3. The third kappa shape index (κ3) is 3.07. The molecule has 0 saturated carbocycles. The largest absolute Gasteiger partial charge is 0.399 e. The quantitative estimate of drug-likeness (QED) is 0.878. The molecular formula is C18H20N2O. The summed E-state index contributed by atoms with van der Waals surface area (Å²) >= 11 is 0. The van der Waals surface area contributed by atoms with Crippen LogP contribution in [0.2, 0.25) is 0 Å². The zero-order valence-electron chi connectivity index (χ0n) is 12.3. The van der Waals surface area contributed by atoms with E-state index in [1.165, 1.54) is 22.3 Å². The monoisotopic (exact) mass is 280 g/mol. The molecule has 21 heavy (non-hydrogen) atoms. The minimum absolute atomic E-state index is 0.213. The molecule has 0 atom stereocenters. The Morgan fingerprint density at radius 1 is 1.10 bits per heavy atom. The summed E-state index contributed by atoms with van der Waals surface area (Å²) in [5.41, 5.74) is 11.4.